The molecule has 0 amide bonds. The van der Waals surface area contributed by atoms with E-state index in [1.165, 1.54) is 16.9 Å². The molecular formula is C17H11Cl2N3S2. The zero-order chi connectivity index (χ0) is 16.7. The summed E-state index contributed by atoms with van der Waals surface area (Å²) in [5.41, 5.74) is 2.20. The van der Waals surface area contributed by atoms with Gasteiger partial charge in [-0.2, -0.15) is 0 Å². The SMILES string of the molecule is Cc1ccc(Nc2nnc(-c3sc4ccc(Cl)cc4c3Cl)s2)cc1. The predicted molar refractivity (Wildman–Crippen MR) is 105 cm³/mol. The van der Waals surface area contributed by atoms with Crippen molar-refractivity contribution in [2.45, 2.75) is 6.92 Å². The van der Waals surface area contributed by atoms with Gasteiger partial charge in [0.2, 0.25) is 5.13 Å². The lowest BCUT2D eigenvalue weighted by Gasteiger charge is -2.01. The van der Waals surface area contributed by atoms with Crippen LogP contribution in [0.2, 0.25) is 10.0 Å². The first kappa shape index (κ1) is 15.8. The summed E-state index contributed by atoms with van der Waals surface area (Å²) < 4.78 is 1.09. The maximum atomic E-state index is 6.52. The van der Waals surface area contributed by atoms with Gasteiger partial charge in [0.15, 0.2) is 5.01 Å². The van der Waals surface area contributed by atoms with Crippen LogP contribution in [0, 0.1) is 6.92 Å². The molecule has 4 rings (SSSR count). The van der Waals surface area contributed by atoms with E-state index >= 15 is 0 Å². The average molecular weight is 392 g/mol. The highest BCUT2D eigenvalue weighted by Gasteiger charge is 2.16. The zero-order valence-corrected chi connectivity index (χ0v) is 15.7. The first-order chi connectivity index (χ1) is 11.6. The van der Waals surface area contributed by atoms with Gasteiger partial charge in [-0.05, 0) is 37.3 Å². The topological polar surface area (TPSA) is 37.8 Å². The van der Waals surface area contributed by atoms with E-state index in [-0.39, 0.29) is 0 Å². The van der Waals surface area contributed by atoms with Crippen LogP contribution in [0.1, 0.15) is 5.56 Å². The number of thiophene rings is 1. The minimum atomic E-state index is 0.674. The van der Waals surface area contributed by atoms with Gasteiger partial charge in [0.1, 0.15) is 0 Å². The van der Waals surface area contributed by atoms with Gasteiger partial charge >= 0.3 is 0 Å². The molecule has 0 spiro atoms. The molecule has 1 N–H and O–H groups in total. The number of aromatic nitrogens is 2. The summed E-state index contributed by atoms with van der Waals surface area (Å²) in [5.74, 6) is 0. The van der Waals surface area contributed by atoms with E-state index in [4.69, 9.17) is 23.2 Å². The molecule has 0 aliphatic heterocycles. The second-order valence-corrected chi connectivity index (χ2v) is 8.13. The summed E-state index contributed by atoms with van der Waals surface area (Å²) in [7, 11) is 0. The highest BCUT2D eigenvalue weighted by atomic mass is 35.5. The minimum Gasteiger partial charge on any atom is -0.330 e. The Morgan fingerprint density at radius 3 is 2.54 bits per heavy atom. The summed E-state index contributed by atoms with van der Waals surface area (Å²) in [4.78, 5) is 0.920. The lowest BCUT2D eigenvalue weighted by Crippen LogP contribution is -1.88. The van der Waals surface area contributed by atoms with Gasteiger partial charge in [-0.3, -0.25) is 0 Å². The first-order valence-corrected chi connectivity index (χ1v) is 9.54. The fourth-order valence-electron chi connectivity index (χ4n) is 2.30. The average Bonchev–Trinajstić information content (AvgIpc) is 3.15. The Morgan fingerprint density at radius 1 is 0.958 bits per heavy atom. The quantitative estimate of drug-likeness (QED) is 0.418. The highest BCUT2D eigenvalue weighted by Crippen LogP contribution is 2.44. The molecule has 0 radical (unpaired) electrons. The van der Waals surface area contributed by atoms with Crippen molar-refractivity contribution in [2.24, 2.45) is 0 Å². The second-order valence-electron chi connectivity index (χ2n) is 5.29. The molecule has 0 saturated carbocycles. The predicted octanol–water partition coefficient (Wildman–Crippen LogP) is 6.78. The summed E-state index contributed by atoms with van der Waals surface area (Å²) >= 11 is 15.7. The number of nitrogens with one attached hydrogen (secondary N) is 1. The summed E-state index contributed by atoms with van der Waals surface area (Å²) in [5, 5.41) is 15.6. The van der Waals surface area contributed by atoms with Crippen molar-refractivity contribution in [3.05, 3.63) is 58.1 Å². The van der Waals surface area contributed by atoms with Crippen LogP contribution in [0.4, 0.5) is 10.8 Å². The molecule has 2 heterocycles. The number of fused-ring (bicyclic) bond motifs is 1. The third-order valence-corrected chi connectivity index (χ3v) is 6.41. The fourth-order valence-corrected chi connectivity index (χ4v) is 4.86. The normalized spacial score (nSPS) is 11.1. The molecule has 2 aromatic carbocycles. The Morgan fingerprint density at radius 2 is 1.75 bits per heavy atom. The monoisotopic (exact) mass is 391 g/mol. The summed E-state index contributed by atoms with van der Waals surface area (Å²) in [6, 6.07) is 13.9. The molecule has 0 bridgehead atoms. The maximum Gasteiger partial charge on any atom is 0.210 e. The fraction of sp³-hybridized carbons (Fsp3) is 0.0588. The van der Waals surface area contributed by atoms with E-state index in [0.717, 1.165) is 30.8 Å². The van der Waals surface area contributed by atoms with Crippen LogP contribution in [0.5, 0.6) is 0 Å². The van der Waals surface area contributed by atoms with E-state index in [0.29, 0.717) is 10.0 Å². The van der Waals surface area contributed by atoms with Crippen molar-refractivity contribution in [3.63, 3.8) is 0 Å². The standard InChI is InChI=1S/C17H11Cl2N3S2/c1-9-2-5-11(6-3-9)20-17-22-21-16(24-17)15-14(19)12-8-10(18)4-7-13(12)23-15/h2-8H,1H3,(H,20,22). The Kier molecular flexibility index (Phi) is 4.18. The third kappa shape index (κ3) is 3.00. The molecule has 0 atom stereocenters. The molecule has 0 unspecified atom stereocenters. The number of rotatable bonds is 3. The molecule has 0 saturated heterocycles. The van der Waals surface area contributed by atoms with Crippen molar-refractivity contribution in [3.8, 4) is 9.88 Å². The van der Waals surface area contributed by atoms with Gasteiger partial charge in [0, 0.05) is 20.8 Å². The van der Waals surface area contributed by atoms with Crippen molar-refractivity contribution in [1.82, 2.24) is 10.2 Å². The molecule has 0 aliphatic rings. The number of anilines is 2. The summed E-state index contributed by atoms with van der Waals surface area (Å²) in [6.07, 6.45) is 0. The van der Waals surface area contributed by atoms with Crippen LogP contribution in [-0.4, -0.2) is 10.2 Å². The molecule has 4 aromatic rings. The van der Waals surface area contributed by atoms with Crippen molar-refractivity contribution >= 4 is 66.8 Å². The molecule has 24 heavy (non-hydrogen) atoms. The zero-order valence-electron chi connectivity index (χ0n) is 12.5. The van der Waals surface area contributed by atoms with Gasteiger partial charge in [-0.15, -0.1) is 21.5 Å². The first-order valence-electron chi connectivity index (χ1n) is 7.15. The van der Waals surface area contributed by atoms with Crippen molar-refractivity contribution < 1.29 is 0 Å². The number of hydrogen-bond donors (Lipinski definition) is 1. The summed E-state index contributed by atoms with van der Waals surface area (Å²) in [6.45, 7) is 2.06. The van der Waals surface area contributed by atoms with Crippen LogP contribution in [0.15, 0.2) is 42.5 Å². The van der Waals surface area contributed by atoms with Gasteiger partial charge in [0.05, 0.1) is 9.90 Å². The van der Waals surface area contributed by atoms with Crippen LogP contribution in [-0.2, 0) is 0 Å². The number of benzene rings is 2. The largest absolute Gasteiger partial charge is 0.330 e. The van der Waals surface area contributed by atoms with Gasteiger partial charge in [-0.25, -0.2) is 0 Å². The Balaban J connectivity index is 1.67. The number of hydrogen-bond acceptors (Lipinski definition) is 5. The van der Waals surface area contributed by atoms with Crippen molar-refractivity contribution in [2.75, 3.05) is 5.32 Å². The smallest absolute Gasteiger partial charge is 0.210 e. The van der Waals surface area contributed by atoms with E-state index in [9.17, 15) is 0 Å². The third-order valence-electron chi connectivity index (χ3n) is 3.51. The molecule has 7 heteroatoms. The Bertz CT molecular complexity index is 1020. The molecular weight excluding hydrogens is 381 g/mol. The molecule has 2 aromatic heterocycles. The van der Waals surface area contributed by atoms with E-state index < -0.39 is 0 Å². The second kappa shape index (κ2) is 6.33. The van der Waals surface area contributed by atoms with Gasteiger partial charge in [0.25, 0.3) is 0 Å². The van der Waals surface area contributed by atoms with E-state index in [1.54, 1.807) is 11.3 Å². The number of nitrogens with zero attached hydrogens (tertiary/aromatic N) is 2. The molecule has 3 nitrogen and oxygen atoms in total. The number of halogens is 2. The lowest BCUT2D eigenvalue weighted by atomic mass is 10.2. The van der Waals surface area contributed by atoms with E-state index in [2.05, 4.69) is 34.6 Å². The van der Waals surface area contributed by atoms with Gasteiger partial charge < -0.3 is 5.32 Å². The maximum absolute atomic E-state index is 6.52. The molecule has 120 valence electrons. The van der Waals surface area contributed by atoms with E-state index in [1.807, 2.05) is 30.3 Å². The Labute approximate surface area is 156 Å². The highest BCUT2D eigenvalue weighted by molar-refractivity contribution is 7.27. The van der Waals surface area contributed by atoms with Crippen molar-refractivity contribution in [1.29, 1.82) is 0 Å². The molecule has 0 fully saturated rings. The lowest BCUT2D eigenvalue weighted by molar-refractivity contribution is 1.10. The van der Waals surface area contributed by atoms with Crippen LogP contribution >= 0.6 is 45.9 Å². The van der Waals surface area contributed by atoms with Crippen LogP contribution < -0.4 is 5.32 Å². The minimum absolute atomic E-state index is 0.674. The van der Waals surface area contributed by atoms with Gasteiger partial charge in [-0.1, -0.05) is 52.2 Å². The number of aryl methyl sites for hydroxylation is 1. The van der Waals surface area contributed by atoms with Crippen LogP contribution in [0.3, 0.4) is 0 Å². The molecule has 0 aliphatic carbocycles. The van der Waals surface area contributed by atoms with Crippen LogP contribution in [0.25, 0.3) is 20.0 Å². The Hall–Kier alpha value is -1.66.